The lowest BCUT2D eigenvalue weighted by Crippen LogP contribution is -1.91. The van der Waals surface area contributed by atoms with Gasteiger partial charge in [-0.25, -0.2) is 9.97 Å². The molecule has 0 fully saturated rings. The minimum Gasteiger partial charge on any atom is -0.480 e. The predicted octanol–water partition coefficient (Wildman–Crippen LogP) is 1.61. The number of aromatic nitrogens is 4. The van der Waals surface area contributed by atoms with Crippen LogP contribution in [-0.4, -0.2) is 27.3 Å². The third-order valence-electron chi connectivity index (χ3n) is 2.71. The van der Waals surface area contributed by atoms with Crippen molar-refractivity contribution < 1.29 is 4.74 Å². The summed E-state index contributed by atoms with van der Waals surface area (Å²) in [4.78, 5) is 8.59. The SMILES string of the molecule is COc1cnc2cc(-c3cn[nH]c3N)ccc2n1. The minimum atomic E-state index is 0.498. The number of hydrogen-bond donors (Lipinski definition) is 2. The van der Waals surface area contributed by atoms with E-state index in [1.807, 2.05) is 18.2 Å². The molecule has 3 N–H and O–H groups in total. The Kier molecular flexibility index (Phi) is 2.33. The van der Waals surface area contributed by atoms with E-state index in [2.05, 4.69) is 20.2 Å². The molecule has 0 aliphatic rings. The van der Waals surface area contributed by atoms with Crippen LogP contribution in [0.15, 0.2) is 30.6 Å². The molecule has 0 radical (unpaired) electrons. The zero-order valence-electron chi connectivity index (χ0n) is 9.71. The number of aromatic amines is 1. The smallest absolute Gasteiger partial charge is 0.232 e. The van der Waals surface area contributed by atoms with Crippen molar-refractivity contribution in [2.24, 2.45) is 0 Å². The number of fused-ring (bicyclic) bond motifs is 1. The van der Waals surface area contributed by atoms with Crippen molar-refractivity contribution in [2.75, 3.05) is 12.8 Å². The molecule has 2 heterocycles. The Morgan fingerprint density at radius 2 is 2.11 bits per heavy atom. The number of benzene rings is 1. The highest BCUT2D eigenvalue weighted by atomic mass is 16.5. The van der Waals surface area contributed by atoms with Crippen molar-refractivity contribution in [1.29, 1.82) is 0 Å². The number of nitrogens with one attached hydrogen (secondary N) is 1. The monoisotopic (exact) mass is 241 g/mol. The van der Waals surface area contributed by atoms with Gasteiger partial charge in [0, 0.05) is 5.56 Å². The standard InChI is InChI=1S/C12H11N5O/c1-18-11-6-14-10-4-7(2-3-9(10)16-11)8-5-15-17-12(8)13/h2-6H,1H3,(H3,13,15,17). The summed E-state index contributed by atoms with van der Waals surface area (Å²) in [6, 6.07) is 5.73. The minimum absolute atomic E-state index is 0.498. The second-order valence-electron chi connectivity index (χ2n) is 3.81. The van der Waals surface area contributed by atoms with E-state index in [-0.39, 0.29) is 0 Å². The molecule has 6 nitrogen and oxygen atoms in total. The van der Waals surface area contributed by atoms with Gasteiger partial charge in [0.05, 0.1) is 30.5 Å². The van der Waals surface area contributed by atoms with Gasteiger partial charge in [-0.05, 0) is 17.7 Å². The van der Waals surface area contributed by atoms with E-state index in [4.69, 9.17) is 10.5 Å². The molecule has 90 valence electrons. The lowest BCUT2D eigenvalue weighted by atomic mass is 10.1. The summed E-state index contributed by atoms with van der Waals surface area (Å²) in [7, 11) is 1.57. The highest BCUT2D eigenvalue weighted by Gasteiger charge is 2.07. The first kappa shape index (κ1) is 10.5. The molecule has 0 unspecified atom stereocenters. The predicted molar refractivity (Wildman–Crippen MR) is 68.1 cm³/mol. The van der Waals surface area contributed by atoms with Crippen molar-refractivity contribution in [1.82, 2.24) is 20.2 Å². The van der Waals surface area contributed by atoms with E-state index < -0.39 is 0 Å². The summed E-state index contributed by atoms with van der Waals surface area (Å²) >= 11 is 0. The maximum Gasteiger partial charge on any atom is 0.232 e. The highest BCUT2D eigenvalue weighted by molar-refractivity contribution is 5.84. The largest absolute Gasteiger partial charge is 0.480 e. The normalized spacial score (nSPS) is 10.7. The van der Waals surface area contributed by atoms with Gasteiger partial charge in [-0.15, -0.1) is 0 Å². The molecule has 1 aromatic carbocycles. The Hall–Kier alpha value is -2.63. The fraction of sp³-hybridized carbons (Fsp3) is 0.0833. The average Bonchev–Trinajstić information content (AvgIpc) is 2.84. The molecule has 0 amide bonds. The van der Waals surface area contributed by atoms with Crippen molar-refractivity contribution in [3.63, 3.8) is 0 Å². The zero-order valence-corrected chi connectivity index (χ0v) is 9.71. The molecule has 0 saturated carbocycles. The van der Waals surface area contributed by atoms with Crippen molar-refractivity contribution >= 4 is 16.9 Å². The third kappa shape index (κ3) is 1.64. The maximum atomic E-state index is 5.79. The summed E-state index contributed by atoms with van der Waals surface area (Å²) in [6.45, 7) is 0. The fourth-order valence-electron chi connectivity index (χ4n) is 1.79. The first-order valence-electron chi connectivity index (χ1n) is 5.38. The van der Waals surface area contributed by atoms with Crippen LogP contribution < -0.4 is 10.5 Å². The topological polar surface area (TPSA) is 89.7 Å². The van der Waals surface area contributed by atoms with Crippen LogP contribution in [0.2, 0.25) is 0 Å². The van der Waals surface area contributed by atoms with Gasteiger partial charge in [0.2, 0.25) is 5.88 Å². The van der Waals surface area contributed by atoms with Gasteiger partial charge in [0.15, 0.2) is 0 Å². The Morgan fingerprint density at radius 3 is 2.83 bits per heavy atom. The quantitative estimate of drug-likeness (QED) is 0.711. The van der Waals surface area contributed by atoms with Gasteiger partial charge in [-0.3, -0.25) is 5.10 Å². The van der Waals surface area contributed by atoms with E-state index >= 15 is 0 Å². The van der Waals surface area contributed by atoms with Crippen LogP contribution in [0, 0.1) is 0 Å². The van der Waals surface area contributed by atoms with Crippen LogP contribution in [0.1, 0.15) is 0 Å². The average molecular weight is 241 g/mol. The molecule has 0 saturated heterocycles. The maximum absolute atomic E-state index is 5.79. The summed E-state index contributed by atoms with van der Waals surface area (Å²) in [5.74, 6) is 1.04. The number of ether oxygens (including phenoxy) is 1. The molecule has 0 aliphatic heterocycles. The lowest BCUT2D eigenvalue weighted by molar-refractivity contribution is 0.397. The molecule has 0 spiro atoms. The van der Waals surface area contributed by atoms with E-state index in [1.165, 1.54) is 0 Å². The van der Waals surface area contributed by atoms with Gasteiger partial charge < -0.3 is 10.5 Å². The number of hydrogen-bond acceptors (Lipinski definition) is 5. The molecule has 3 rings (SSSR count). The number of nitrogen functional groups attached to an aromatic ring is 1. The van der Waals surface area contributed by atoms with E-state index in [1.54, 1.807) is 19.5 Å². The van der Waals surface area contributed by atoms with Gasteiger partial charge in [0.25, 0.3) is 0 Å². The molecular weight excluding hydrogens is 230 g/mol. The summed E-state index contributed by atoms with van der Waals surface area (Å²) in [5, 5.41) is 6.60. The second-order valence-corrected chi connectivity index (χ2v) is 3.81. The molecule has 6 heteroatoms. The Balaban J connectivity index is 2.15. The van der Waals surface area contributed by atoms with Gasteiger partial charge >= 0.3 is 0 Å². The number of H-pyrrole nitrogens is 1. The van der Waals surface area contributed by atoms with Crippen LogP contribution in [0.5, 0.6) is 5.88 Å². The van der Waals surface area contributed by atoms with Crippen molar-refractivity contribution in [3.05, 3.63) is 30.6 Å². The number of nitrogens with two attached hydrogens (primary N) is 1. The van der Waals surface area contributed by atoms with Gasteiger partial charge in [-0.1, -0.05) is 6.07 Å². The van der Waals surface area contributed by atoms with Gasteiger partial charge in [0.1, 0.15) is 5.82 Å². The molecular formula is C12H11N5O. The molecule has 3 aromatic rings. The first-order chi connectivity index (χ1) is 8.78. The Labute approximate surface area is 103 Å². The number of nitrogens with zero attached hydrogens (tertiary/aromatic N) is 3. The van der Waals surface area contributed by atoms with E-state index in [9.17, 15) is 0 Å². The second kappa shape index (κ2) is 3.99. The first-order valence-corrected chi connectivity index (χ1v) is 5.38. The van der Waals surface area contributed by atoms with E-state index in [0.29, 0.717) is 11.7 Å². The molecule has 0 aliphatic carbocycles. The van der Waals surface area contributed by atoms with E-state index in [0.717, 1.165) is 22.2 Å². The molecule has 2 aromatic heterocycles. The van der Waals surface area contributed by atoms with Crippen molar-refractivity contribution in [2.45, 2.75) is 0 Å². The van der Waals surface area contributed by atoms with Crippen LogP contribution >= 0.6 is 0 Å². The van der Waals surface area contributed by atoms with Gasteiger partial charge in [-0.2, -0.15) is 5.10 Å². The molecule has 0 bridgehead atoms. The van der Waals surface area contributed by atoms with Crippen LogP contribution in [0.25, 0.3) is 22.2 Å². The summed E-state index contributed by atoms with van der Waals surface area (Å²) in [5.41, 5.74) is 9.16. The summed E-state index contributed by atoms with van der Waals surface area (Å²) < 4.78 is 5.04. The lowest BCUT2D eigenvalue weighted by Gasteiger charge is -2.03. The third-order valence-corrected chi connectivity index (χ3v) is 2.71. The number of methoxy groups -OCH3 is 1. The molecule has 18 heavy (non-hydrogen) atoms. The number of anilines is 1. The molecule has 0 atom stereocenters. The highest BCUT2D eigenvalue weighted by Crippen LogP contribution is 2.26. The number of rotatable bonds is 2. The van der Waals surface area contributed by atoms with Crippen LogP contribution in [0.4, 0.5) is 5.82 Å². The van der Waals surface area contributed by atoms with Crippen molar-refractivity contribution in [3.8, 4) is 17.0 Å². The Morgan fingerprint density at radius 1 is 1.22 bits per heavy atom. The zero-order chi connectivity index (χ0) is 12.5. The fourth-order valence-corrected chi connectivity index (χ4v) is 1.79. The Bertz CT molecular complexity index is 707. The van der Waals surface area contributed by atoms with Crippen LogP contribution in [0.3, 0.4) is 0 Å². The summed E-state index contributed by atoms with van der Waals surface area (Å²) in [6.07, 6.45) is 3.28. The van der Waals surface area contributed by atoms with Crippen LogP contribution in [-0.2, 0) is 0 Å².